The minimum atomic E-state index is -3.42. The number of nitrogens with zero attached hydrogens (tertiary/aromatic N) is 2. The Morgan fingerprint density at radius 1 is 1.28 bits per heavy atom. The summed E-state index contributed by atoms with van der Waals surface area (Å²) in [5.74, 6) is -0.951. The number of carbonyl (C=O) groups is 1. The zero-order valence-electron chi connectivity index (χ0n) is 14.3. The molecular weight excluding hydrogens is 349 g/mol. The van der Waals surface area contributed by atoms with E-state index in [1.165, 1.54) is 22.5 Å². The van der Waals surface area contributed by atoms with Crippen LogP contribution in [0.15, 0.2) is 24.3 Å². The van der Waals surface area contributed by atoms with Crippen LogP contribution in [0.1, 0.15) is 6.42 Å². The van der Waals surface area contributed by atoms with Crippen LogP contribution in [0.4, 0.5) is 10.1 Å². The normalized spacial score (nSPS) is 16.1. The highest BCUT2D eigenvalue weighted by Crippen LogP contribution is 2.13. The van der Waals surface area contributed by atoms with Crippen molar-refractivity contribution in [3.8, 4) is 0 Å². The van der Waals surface area contributed by atoms with E-state index >= 15 is 0 Å². The molecule has 1 heterocycles. The number of rotatable bonds is 8. The lowest BCUT2D eigenvalue weighted by Crippen LogP contribution is -2.43. The van der Waals surface area contributed by atoms with Crippen molar-refractivity contribution >= 4 is 21.6 Å². The number of morpholine rings is 1. The van der Waals surface area contributed by atoms with Crippen LogP contribution >= 0.6 is 0 Å². The van der Waals surface area contributed by atoms with Gasteiger partial charge in [0.05, 0.1) is 25.2 Å². The Morgan fingerprint density at radius 2 is 1.96 bits per heavy atom. The molecule has 1 fully saturated rings. The predicted octanol–water partition coefficient (Wildman–Crippen LogP) is 0.748. The third-order valence-corrected chi connectivity index (χ3v) is 5.28. The summed E-state index contributed by atoms with van der Waals surface area (Å²) in [6.45, 7) is 3.78. The zero-order valence-corrected chi connectivity index (χ0v) is 15.1. The summed E-state index contributed by atoms with van der Waals surface area (Å²) in [4.78, 5) is 14.1. The quantitative estimate of drug-likeness (QED) is 0.727. The molecule has 1 aromatic carbocycles. The minimum absolute atomic E-state index is 0.0372. The van der Waals surface area contributed by atoms with E-state index in [1.54, 1.807) is 6.07 Å². The molecule has 9 heteroatoms. The molecule has 140 valence electrons. The standard InChI is InChI=1S/C16H24FN3O4S/c1-25(22,23)20(9-8-19-10-12-24-13-11-19)7-6-16(21)18-15-5-3-2-4-14(15)17/h2-5H,6-13H2,1H3,(H,18,21). The van der Waals surface area contributed by atoms with E-state index in [0.29, 0.717) is 26.3 Å². The lowest BCUT2D eigenvalue weighted by atomic mass is 10.3. The first-order chi connectivity index (χ1) is 11.9. The maximum Gasteiger partial charge on any atom is 0.225 e. The molecule has 25 heavy (non-hydrogen) atoms. The van der Waals surface area contributed by atoms with Gasteiger partial charge >= 0.3 is 0 Å². The first kappa shape index (κ1) is 19.8. The fourth-order valence-corrected chi connectivity index (χ4v) is 3.36. The molecule has 2 rings (SSSR count). The third kappa shape index (κ3) is 6.69. The van der Waals surface area contributed by atoms with Crippen LogP contribution in [-0.2, 0) is 19.6 Å². The molecule has 1 aliphatic heterocycles. The molecule has 1 amide bonds. The lowest BCUT2D eigenvalue weighted by molar-refractivity contribution is -0.116. The third-order valence-electron chi connectivity index (χ3n) is 3.97. The van der Waals surface area contributed by atoms with Gasteiger partial charge in [0.1, 0.15) is 5.82 Å². The second-order valence-corrected chi connectivity index (χ2v) is 7.88. The number of halogens is 1. The monoisotopic (exact) mass is 373 g/mol. The molecule has 0 aromatic heterocycles. The summed E-state index contributed by atoms with van der Waals surface area (Å²) < 4.78 is 43.9. The number of ether oxygens (including phenoxy) is 1. The fraction of sp³-hybridized carbons (Fsp3) is 0.562. The lowest BCUT2D eigenvalue weighted by Gasteiger charge is -2.29. The highest BCUT2D eigenvalue weighted by Gasteiger charge is 2.20. The minimum Gasteiger partial charge on any atom is -0.379 e. The molecule has 1 saturated heterocycles. The number of hydrogen-bond donors (Lipinski definition) is 1. The molecule has 1 aromatic rings. The Labute approximate surface area is 147 Å². The zero-order chi connectivity index (χ0) is 18.3. The number of nitrogens with one attached hydrogen (secondary N) is 1. The Kier molecular flexibility index (Phi) is 7.30. The van der Waals surface area contributed by atoms with Crippen LogP contribution in [0.2, 0.25) is 0 Å². The Hall–Kier alpha value is -1.55. The molecule has 1 N–H and O–H groups in total. The number of benzene rings is 1. The van der Waals surface area contributed by atoms with Crippen molar-refractivity contribution in [2.75, 3.05) is 57.5 Å². The molecule has 0 bridgehead atoms. The van der Waals surface area contributed by atoms with Gasteiger partial charge in [0, 0.05) is 39.1 Å². The van der Waals surface area contributed by atoms with Gasteiger partial charge in [0.2, 0.25) is 15.9 Å². The molecule has 1 aliphatic rings. The number of para-hydroxylation sites is 1. The van der Waals surface area contributed by atoms with Gasteiger partial charge in [-0.25, -0.2) is 17.1 Å². The number of sulfonamides is 1. The molecule has 0 aliphatic carbocycles. The van der Waals surface area contributed by atoms with E-state index in [2.05, 4.69) is 10.2 Å². The van der Waals surface area contributed by atoms with E-state index in [4.69, 9.17) is 4.74 Å². The maximum absolute atomic E-state index is 13.5. The molecule has 0 saturated carbocycles. The van der Waals surface area contributed by atoms with Crippen LogP contribution in [0.25, 0.3) is 0 Å². The van der Waals surface area contributed by atoms with Crippen molar-refractivity contribution in [1.82, 2.24) is 9.21 Å². The molecule has 0 unspecified atom stereocenters. The Balaban J connectivity index is 1.84. The fourth-order valence-electron chi connectivity index (χ4n) is 2.52. The van der Waals surface area contributed by atoms with Crippen molar-refractivity contribution < 1.29 is 22.3 Å². The SMILES string of the molecule is CS(=O)(=O)N(CCC(=O)Nc1ccccc1F)CCN1CCOCC1. The average Bonchev–Trinajstić information content (AvgIpc) is 2.56. The topological polar surface area (TPSA) is 79.0 Å². The second-order valence-electron chi connectivity index (χ2n) is 5.89. The largest absolute Gasteiger partial charge is 0.379 e. The van der Waals surface area contributed by atoms with E-state index in [9.17, 15) is 17.6 Å². The van der Waals surface area contributed by atoms with Gasteiger partial charge in [0.25, 0.3) is 0 Å². The summed E-state index contributed by atoms with van der Waals surface area (Å²) in [6, 6.07) is 5.85. The summed E-state index contributed by atoms with van der Waals surface area (Å²) in [5, 5.41) is 2.46. The average molecular weight is 373 g/mol. The van der Waals surface area contributed by atoms with Gasteiger partial charge < -0.3 is 10.1 Å². The summed E-state index contributed by atoms with van der Waals surface area (Å²) in [6.07, 6.45) is 1.09. The van der Waals surface area contributed by atoms with E-state index in [-0.39, 0.29) is 18.7 Å². The van der Waals surface area contributed by atoms with Crippen molar-refractivity contribution in [1.29, 1.82) is 0 Å². The molecular formula is C16H24FN3O4S. The second kappa shape index (κ2) is 9.23. The van der Waals surface area contributed by atoms with E-state index in [1.807, 2.05) is 0 Å². The maximum atomic E-state index is 13.5. The number of carbonyl (C=O) groups excluding carboxylic acids is 1. The predicted molar refractivity (Wildman–Crippen MR) is 93.3 cm³/mol. The molecule has 0 radical (unpaired) electrons. The Morgan fingerprint density at radius 3 is 2.60 bits per heavy atom. The van der Waals surface area contributed by atoms with E-state index < -0.39 is 21.7 Å². The van der Waals surface area contributed by atoms with Crippen LogP contribution in [0.3, 0.4) is 0 Å². The van der Waals surface area contributed by atoms with Gasteiger partial charge in [-0.05, 0) is 12.1 Å². The number of hydrogen-bond acceptors (Lipinski definition) is 5. The van der Waals surface area contributed by atoms with Gasteiger partial charge in [-0.15, -0.1) is 0 Å². The smallest absolute Gasteiger partial charge is 0.225 e. The molecule has 0 spiro atoms. The summed E-state index contributed by atoms with van der Waals surface area (Å²) >= 11 is 0. The number of anilines is 1. The van der Waals surface area contributed by atoms with Crippen LogP contribution in [0.5, 0.6) is 0 Å². The summed E-state index contributed by atoms with van der Waals surface area (Å²) in [5.41, 5.74) is 0.0896. The Bertz CT molecular complexity index is 678. The van der Waals surface area contributed by atoms with Gasteiger partial charge in [0.15, 0.2) is 0 Å². The van der Waals surface area contributed by atoms with Crippen molar-refractivity contribution in [2.45, 2.75) is 6.42 Å². The van der Waals surface area contributed by atoms with Crippen LogP contribution in [-0.4, -0.2) is 75.7 Å². The highest BCUT2D eigenvalue weighted by atomic mass is 32.2. The van der Waals surface area contributed by atoms with Crippen molar-refractivity contribution in [3.05, 3.63) is 30.1 Å². The number of amides is 1. The van der Waals surface area contributed by atoms with Crippen molar-refractivity contribution in [3.63, 3.8) is 0 Å². The molecule has 7 nitrogen and oxygen atoms in total. The molecule has 0 atom stereocenters. The van der Waals surface area contributed by atoms with Crippen molar-refractivity contribution in [2.24, 2.45) is 0 Å². The van der Waals surface area contributed by atoms with Crippen LogP contribution < -0.4 is 5.32 Å². The summed E-state index contributed by atoms with van der Waals surface area (Å²) in [7, 11) is -3.42. The van der Waals surface area contributed by atoms with Crippen LogP contribution in [0, 0.1) is 5.82 Å². The van der Waals surface area contributed by atoms with Gasteiger partial charge in [-0.3, -0.25) is 9.69 Å². The highest BCUT2D eigenvalue weighted by molar-refractivity contribution is 7.88. The van der Waals surface area contributed by atoms with E-state index in [0.717, 1.165) is 19.3 Å². The first-order valence-electron chi connectivity index (χ1n) is 8.16. The first-order valence-corrected chi connectivity index (χ1v) is 10.0. The van der Waals surface area contributed by atoms with Gasteiger partial charge in [-0.2, -0.15) is 0 Å². The van der Waals surface area contributed by atoms with Gasteiger partial charge in [-0.1, -0.05) is 12.1 Å².